The van der Waals surface area contributed by atoms with Gasteiger partial charge < -0.3 is 10.1 Å². The van der Waals surface area contributed by atoms with Gasteiger partial charge in [-0.15, -0.1) is 11.3 Å². The summed E-state index contributed by atoms with van der Waals surface area (Å²) >= 11 is 1.21. The summed E-state index contributed by atoms with van der Waals surface area (Å²) in [5.74, 6) is -0.754. The number of nitrogens with zero attached hydrogens (tertiary/aromatic N) is 2. The van der Waals surface area contributed by atoms with Crippen LogP contribution >= 0.6 is 11.3 Å². The van der Waals surface area contributed by atoms with Crippen LogP contribution in [0.15, 0.2) is 0 Å². The lowest BCUT2D eigenvalue weighted by Crippen LogP contribution is -2.34. The van der Waals surface area contributed by atoms with Gasteiger partial charge in [0.05, 0.1) is 18.4 Å². The number of hydrogen-bond donors (Lipinski definition) is 1. The summed E-state index contributed by atoms with van der Waals surface area (Å²) in [4.78, 5) is 21.8. The molecule has 26 heavy (non-hydrogen) atoms. The van der Waals surface area contributed by atoms with Crippen LogP contribution in [0, 0.1) is 19.8 Å². The lowest BCUT2D eigenvalue weighted by molar-refractivity contribution is -0.182. The maximum absolute atomic E-state index is 13.1. The molecule has 1 aliphatic carbocycles. The Kier molecular flexibility index (Phi) is 5.09. The van der Waals surface area contributed by atoms with E-state index in [0.717, 1.165) is 0 Å². The topological polar surface area (TPSA) is 64.1 Å². The van der Waals surface area contributed by atoms with Crippen LogP contribution in [-0.2, 0) is 4.74 Å². The van der Waals surface area contributed by atoms with Gasteiger partial charge in [-0.2, -0.15) is 13.2 Å². The van der Waals surface area contributed by atoms with Gasteiger partial charge in [-0.25, -0.2) is 14.8 Å². The first kappa shape index (κ1) is 18.9. The molecule has 2 heterocycles. The highest BCUT2D eigenvalue weighted by atomic mass is 32.1. The molecule has 1 saturated carbocycles. The normalized spacial score (nSPS) is 21.0. The minimum Gasteiger partial charge on any atom is -0.465 e. The zero-order valence-electron chi connectivity index (χ0n) is 14.7. The molecule has 142 valence electrons. The molecule has 0 radical (unpaired) electrons. The van der Waals surface area contributed by atoms with Crippen LogP contribution in [0.25, 0.3) is 10.2 Å². The van der Waals surface area contributed by atoms with Crippen LogP contribution in [0.5, 0.6) is 0 Å². The summed E-state index contributed by atoms with van der Waals surface area (Å²) in [6, 6.07) is -0.311. The second-order valence-corrected chi connectivity index (χ2v) is 7.59. The fourth-order valence-electron chi connectivity index (χ4n) is 3.45. The van der Waals surface area contributed by atoms with Gasteiger partial charge in [-0.1, -0.05) is 6.42 Å². The SMILES string of the molecule is COC(=O)c1sc2nc(C)nc(N[C@@H]3CCC[C@H](C(F)(F)F)C3)c2c1C. The molecule has 0 unspecified atom stereocenters. The molecule has 3 rings (SSSR count). The average molecular weight is 387 g/mol. The summed E-state index contributed by atoms with van der Waals surface area (Å²) in [6.07, 6.45) is -2.80. The molecule has 2 aromatic rings. The predicted molar refractivity (Wildman–Crippen MR) is 93.7 cm³/mol. The van der Waals surface area contributed by atoms with E-state index in [4.69, 9.17) is 4.74 Å². The van der Waals surface area contributed by atoms with Gasteiger partial charge in [-0.3, -0.25) is 0 Å². The van der Waals surface area contributed by atoms with Crippen molar-refractivity contribution >= 4 is 33.3 Å². The zero-order chi connectivity index (χ0) is 19.1. The minimum atomic E-state index is -4.17. The van der Waals surface area contributed by atoms with Gasteiger partial charge in [0, 0.05) is 6.04 Å². The fourth-order valence-corrected chi connectivity index (χ4v) is 4.59. The van der Waals surface area contributed by atoms with Crippen molar-refractivity contribution in [2.45, 2.75) is 51.7 Å². The molecule has 0 bridgehead atoms. The van der Waals surface area contributed by atoms with Crippen molar-refractivity contribution in [1.82, 2.24) is 9.97 Å². The molecule has 2 atom stereocenters. The van der Waals surface area contributed by atoms with E-state index in [0.29, 0.717) is 45.1 Å². The second kappa shape index (κ2) is 7.02. The van der Waals surface area contributed by atoms with E-state index in [1.54, 1.807) is 13.8 Å². The first-order valence-electron chi connectivity index (χ1n) is 8.40. The summed E-state index contributed by atoms with van der Waals surface area (Å²) in [5.41, 5.74) is 0.683. The van der Waals surface area contributed by atoms with Crippen molar-refractivity contribution in [3.8, 4) is 0 Å². The van der Waals surface area contributed by atoms with Crippen molar-refractivity contribution in [3.63, 3.8) is 0 Å². The first-order chi connectivity index (χ1) is 12.2. The van der Waals surface area contributed by atoms with Gasteiger partial charge in [0.15, 0.2) is 0 Å². The Bertz CT molecular complexity index is 835. The molecule has 0 amide bonds. The van der Waals surface area contributed by atoms with Crippen LogP contribution in [0.1, 0.15) is 46.7 Å². The van der Waals surface area contributed by atoms with Gasteiger partial charge >= 0.3 is 12.1 Å². The molecular weight excluding hydrogens is 367 g/mol. The highest BCUT2D eigenvalue weighted by Gasteiger charge is 2.42. The Morgan fingerprint density at radius 2 is 2.00 bits per heavy atom. The van der Waals surface area contributed by atoms with Crippen molar-refractivity contribution in [3.05, 3.63) is 16.3 Å². The number of rotatable bonds is 3. The van der Waals surface area contributed by atoms with Gasteiger partial charge in [-0.05, 0) is 38.7 Å². The van der Waals surface area contributed by atoms with Crippen LogP contribution in [0.2, 0.25) is 0 Å². The molecular formula is C17H20F3N3O2S. The van der Waals surface area contributed by atoms with Gasteiger partial charge in [0.1, 0.15) is 21.3 Å². The number of nitrogens with one attached hydrogen (secondary N) is 1. The molecule has 0 aromatic carbocycles. The lowest BCUT2D eigenvalue weighted by atomic mass is 9.85. The number of esters is 1. The minimum absolute atomic E-state index is 0.0289. The van der Waals surface area contributed by atoms with Crippen molar-refractivity contribution < 1.29 is 22.7 Å². The Labute approximate surface area is 153 Å². The molecule has 1 fully saturated rings. The van der Waals surface area contributed by atoms with Crippen LogP contribution in [0.3, 0.4) is 0 Å². The molecule has 0 saturated heterocycles. The highest BCUT2D eigenvalue weighted by Crippen LogP contribution is 2.40. The van der Waals surface area contributed by atoms with Crippen molar-refractivity contribution in [1.29, 1.82) is 0 Å². The van der Waals surface area contributed by atoms with Crippen LogP contribution in [-0.4, -0.2) is 35.3 Å². The Morgan fingerprint density at radius 1 is 1.27 bits per heavy atom. The monoisotopic (exact) mass is 387 g/mol. The van der Waals surface area contributed by atoms with E-state index in [2.05, 4.69) is 15.3 Å². The van der Waals surface area contributed by atoms with E-state index in [9.17, 15) is 18.0 Å². The summed E-state index contributed by atoms with van der Waals surface area (Å²) < 4.78 is 44.0. The number of halogens is 3. The number of aromatic nitrogens is 2. The Morgan fingerprint density at radius 3 is 2.65 bits per heavy atom. The maximum Gasteiger partial charge on any atom is 0.391 e. The number of aryl methyl sites for hydroxylation is 2. The van der Waals surface area contributed by atoms with Crippen LogP contribution < -0.4 is 5.32 Å². The molecule has 5 nitrogen and oxygen atoms in total. The standard InChI is InChI=1S/C17H20F3N3O2S/c1-8-12-14(23-11-6-4-5-10(7-11)17(18,19)20)21-9(2)22-15(12)26-13(8)16(24)25-3/h10-11H,4-7H2,1-3H3,(H,21,22,23)/t10-,11+/m0/s1. The van der Waals surface area contributed by atoms with Crippen molar-refractivity contribution in [2.24, 2.45) is 5.92 Å². The number of carbonyl (C=O) groups is 1. The van der Waals surface area contributed by atoms with E-state index >= 15 is 0 Å². The Balaban J connectivity index is 1.94. The number of methoxy groups -OCH3 is 1. The molecule has 0 aliphatic heterocycles. The molecule has 1 aliphatic rings. The second-order valence-electron chi connectivity index (χ2n) is 6.59. The average Bonchev–Trinajstić information content (AvgIpc) is 2.90. The largest absolute Gasteiger partial charge is 0.465 e. The zero-order valence-corrected chi connectivity index (χ0v) is 15.6. The van der Waals surface area contributed by atoms with Gasteiger partial charge in [0.2, 0.25) is 0 Å². The summed E-state index contributed by atoms with van der Waals surface area (Å²) in [5, 5.41) is 3.86. The maximum atomic E-state index is 13.1. The fraction of sp³-hybridized carbons (Fsp3) is 0.588. The number of hydrogen-bond acceptors (Lipinski definition) is 6. The number of alkyl halides is 3. The number of carbonyl (C=O) groups excluding carboxylic acids is 1. The van der Waals surface area contributed by atoms with E-state index in [1.165, 1.54) is 18.4 Å². The van der Waals surface area contributed by atoms with Crippen LogP contribution in [0.4, 0.5) is 19.0 Å². The Hall–Kier alpha value is -1.90. The number of thiophene rings is 1. The van der Waals surface area contributed by atoms with E-state index in [-0.39, 0.29) is 18.9 Å². The summed E-state index contributed by atoms with van der Waals surface area (Å²) in [6.45, 7) is 3.49. The van der Waals surface area contributed by atoms with E-state index in [1.807, 2.05) is 0 Å². The molecule has 2 aromatic heterocycles. The lowest BCUT2D eigenvalue weighted by Gasteiger charge is -2.31. The number of fused-ring (bicyclic) bond motifs is 1. The molecule has 1 N–H and O–H groups in total. The predicted octanol–water partition coefficient (Wildman–Crippen LogP) is 4.63. The van der Waals surface area contributed by atoms with E-state index < -0.39 is 18.1 Å². The summed E-state index contributed by atoms with van der Waals surface area (Å²) in [7, 11) is 1.31. The highest BCUT2D eigenvalue weighted by molar-refractivity contribution is 7.20. The smallest absolute Gasteiger partial charge is 0.391 e. The molecule has 9 heteroatoms. The third-order valence-corrected chi connectivity index (χ3v) is 5.92. The van der Waals surface area contributed by atoms with Gasteiger partial charge in [0.25, 0.3) is 0 Å². The van der Waals surface area contributed by atoms with Crippen molar-refractivity contribution in [2.75, 3.05) is 12.4 Å². The third kappa shape index (κ3) is 3.62. The quantitative estimate of drug-likeness (QED) is 0.778. The first-order valence-corrected chi connectivity index (χ1v) is 9.21. The number of ether oxygens (including phenoxy) is 1. The third-order valence-electron chi connectivity index (χ3n) is 4.75. The number of anilines is 1. The molecule has 0 spiro atoms.